The van der Waals surface area contributed by atoms with Gasteiger partial charge in [0.2, 0.25) is 5.79 Å². The number of aliphatic hydroxyl groups excluding tert-OH is 4. The van der Waals surface area contributed by atoms with Crippen LogP contribution in [0.25, 0.3) is 0 Å². The molecule has 1 heterocycles. The summed E-state index contributed by atoms with van der Waals surface area (Å²) in [6, 6.07) is 0. The molecule has 0 radical (unpaired) electrons. The fourth-order valence-electron chi connectivity index (χ4n) is 3.30. The van der Waals surface area contributed by atoms with Crippen molar-refractivity contribution in [3.63, 3.8) is 0 Å². The quantitative estimate of drug-likeness (QED) is 0.173. The largest absolute Gasteiger partial charge is 1.00 e. The second-order valence-electron chi connectivity index (χ2n) is 7.25. The Kier molecular flexibility index (Phi) is 15.2. The third-order valence-electron chi connectivity index (χ3n) is 5.05. The van der Waals surface area contributed by atoms with Crippen LogP contribution in [0.1, 0.15) is 71.1 Å². The zero-order valence-electron chi connectivity index (χ0n) is 17.2. The van der Waals surface area contributed by atoms with Crippen molar-refractivity contribution in [2.75, 3.05) is 13.2 Å². The molecule has 0 saturated carbocycles. The van der Waals surface area contributed by atoms with Crippen LogP contribution in [0.3, 0.4) is 0 Å². The van der Waals surface area contributed by atoms with Gasteiger partial charge in [0.05, 0.1) is 13.2 Å². The van der Waals surface area contributed by atoms with Crippen LogP contribution < -0.4 is 34.7 Å². The summed E-state index contributed by atoms with van der Waals surface area (Å²) in [6.07, 6.45) is 4.10. The first-order valence-electron chi connectivity index (χ1n) is 10.1. The number of aliphatic hydroxyl groups is 4. The van der Waals surface area contributed by atoms with E-state index in [1.54, 1.807) is 0 Å². The molecule has 9 heteroatoms. The number of ether oxygens (including phenoxy) is 2. The average Bonchev–Trinajstić information content (AvgIpc) is 2.65. The van der Waals surface area contributed by atoms with Crippen LogP contribution in [0, 0.1) is 0 Å². The molecule has 0 aliphatic carbocycles. The maximum absolute atomic E-state index is 11.5. The van der Waals surface area contributed by atoms with Crippen molar-refractivity contribution in [2.45, 2.75) is 101 Å². The third kappa shape index (κ3) is 8.16. The Labute approximate surface area is 189 Å². The van der Waals surface area contributed by atoms with E-state index in [0.29, 0.717) is 6.42 Å². The summed E-state index contributed by atoms with van der Waals surface area (Å²) in [5, 5.41) is 50.3. The number of unbranched alkanes of at least 4 members (excludes halogenated alkanes) is 9. The molecular formula is C19H35NaO8. The maximum atomic E-state index is 11.5. The van der Waals surface area contributed by atoms with E-state index >= 15 is 0 Å². The van der Waals surface area contributed by atoms with Gasteiger partial charge in [0.25, 0.3) is 0 Å². The molecule has 1 fully saturated rings. The Morgan fingerprint density at radius 1 is 0.964 bits per heavy atom. The van der Waals surface area contributed by atoms with Crippen LogP contribution in [0.4, 0.5) is 0 Å². The van der Waals surface area contributed by atoms with Crippen molar-refractivity contribution in [1.29, 1.82) is 0 Å². The first kappa shape index (κ1) is 28.2. The van der Waals surface area contributed by atoms with E-state index in [-0.39, 0.29) is 36.2 Å². The van der Waals surface area contributed by atoms with Crippen LogP contribution >= 0.6 is 0 Å². The van der Waals surface area contributed by atoms with Gasteiger partial charge < -0.3 is 39.8 Å². The van der Waals surface area contributed by atoms with Crippen LogP contribution in [-0.2, 0) is 14.3 Å². The van der Waals surface area contributed by atoms with Crippen molar-refractivity contribution in [3.8, 4) is 0 Å². The van der Waals surface area contributed by atoms with E-state index in [4.69, 9.17) is 9.47 Å². The van der Waals surface area contributed by atoms with E-state index in [9.17, 15) is 30.3 Å². The Bertz CT molecular complexity index is 423. The minimum Gasteiger partial charge on any atom is -0.544 e. The number of carbonyl (C=O) groups is 1. The third-order valence-corrected chi connectivity index (χ3v) is 5.05. The number of hydrogen-bond donors (Lipinski definition) is 4. The van der Waals surface area contributed by atoms with Gasteiger partial charge in [0.15, 0.2) is 0 Å². The summed E-state index contributed by atoms with van der Waals surface area (Å²) in [7, 11) is 0. The molecule has 0 spiro atoms. The minimum absolute atomic E-state index is 0. The molecule has 4 N–H and O–H groups in total. The second kappa shape index (κ2) is 15.1. The van der Waals surface area contributed by atoms with Gasteiger partial charge in [0.1, 0.15) is 30.4 Å². The molecule has 0 amide bonds. The van der Waals surface area contributed by atoms with Crippen LogP contribution in [0.5, 0.6) is 0 Å². The van der Waals surface area contributed by atoms with Crippen LogP contribution in [0.15, 0.2) is 0 Å². The maximum Gasteiger partial charge on any atom is 1.00 e. The Morgan fingerprint density at radius 3 is 1.93 bits per heavy atom. The molecule has 1 aliphatic heterocycles. The molecule has 1 unspecified atom stereocenters. The van der Waals surface area contributed by atoms with Gasteiger partial charge in [-0.2, -0.15) is 0 Å². The zero-order valence-corrected chi connectivity index (χ0v) is 19.2. The summed E-state index contributed by atoms with van der Waals surface area (Å²) in [5.74, 6) is -4.46. The van der Waals surface area contributed by atoms with Gasteiger partial charge in [-0.25, -0.2) is 0 Å². The van der Waals surface area contributed by atoms with Gasteiger partial charge in [-0.1, -0.05) is 64.7 Å². The standard InChI is InChI=1S/C19H36O8.Na/c1-2-3-4-5-6-7-8-9-10-11-12-26-19(18(24)25)17(23)16(22)15(21)14(13-20)27-19;/h14-17,20-23H,2-13H2,1H3,(H,24,25);/q;+1/p-1/t14-,15-,16+,17-,19?;/m1./s1. The number of aliphatic carboxylic acids is 1. The smallest absolute Gasteiger partial charge is 0.544 e. The molecule has 1 saturated heterocycles. The summed E-state index contributed by atoms with van der Waals surface area (Å²) in [4.78, 5) is 11.5. The summed E-state index contributed by atoms with van der Waals surface area (Å²) < 4.78 is 10.3. The van der Waals surface area contributed by atoms with Gasteiger partial charge in [-0.15, -0.1) is 0 Å². The molecule has 0 aromatic carbocycles. The SMILES string of the molecule is CCCCCCCCCCCCOC1(C(=O)[O-])O[C@H](CO)[C@@H](O)[C@H](O)[C@H]1O.[Na+]. The van der Waals surface area contributed by atoms with E-state index in [0.717, 1.165) is 19.3 Å². The molecule has 160 valence electrons. The summed E-state index contributed by atoms with van der Waals surface area (Å²) in [6.45, 7) is 1.45. The van der Waals surface area contributed by atoms with Crippen LogP contribution in [0.2, 0.25) is 0 Å². The summed E-state index contributed by atoms with van der Waals surface area (Å²) in [5.41, 5.74) is 0. The topological polar surface area (TPSA) is 140 Å². The molecule has 8 nitrogen and oxygen atoms in total. The van der Waals surface area contributed by atoms with Gasteiger partial charge in [-0.05, 0) is 6.42 Å². The first-order chi connectivity index (χ1) is 12.9. The number of carboxylic acids is 1. The fraction of sp³-hybridized carbons (Fsp3) is 0.947. The molecule has 1 aliphatic rings. The van der Waals surface area contributed by atoms with E-state index in [1.165, 1.54) is 38.5 Å². The van der Waals surface area contributed by atoms with E-state index < -0.39 is 42.8 Å². The number of carboxylic acid groups (broad SMARTS) is 1. The van der Waals surface area contributed by atoms with Gasteiger partial charge in [-0.3, -0.25) is 0 Å². The van der Waals surface area contributed by atoms with Crippen molar-refractivity contribution >= 4 is 5.97 Å². The van der Waals surface area contributed by atoms with Crippen molar-refractivity contribution < 1.29 is 69.4 Å². The molecule has 5 atom stereocenters. The second-order valence-corrected chi connectivity index (χ2v) is 7.25. The first-order valence-corrected chi connectivity index (χ1v) is 10.1. The Balaban J connectivity index is 0.00000729. The van der Waals surface area contributed by atoms with Crippen LogP contribution in [-0.4, -0.2) is 69.8 Å². The van der Waals surface area contributed by atoms with Crippen molar-refractivity contribution in [3.05, 3.63) is 0 Å². The van der Waals surface area contributed by atoms with Crippen molar-refractivity contribution in [2.24, 2.45) is 0 Å². The minimum atomic E-state index is -2.61. The summed E-state index contributed by atoms with van der Waals surface area (Å²) >= 11 is 0. The predicted molar refractivity (Wildman–Crippen MR) is 95.5 cm³/mol. The zero-order chi connectivity index (χ0) is 20.3. The molecular weight excluding hydrogens is 379 g/mol. The molecule has 0 aromatic heterocycles. The van der Waals surface area contributed by atoms with Gasteiger partial charge in [0, 0.05) is 0 Å². The number of rotatable bonds is 14. The van der Waals surface area contributed by atoms with Gasteiger partial charge >= 0.3 is 29.6 Å². The van der Waals surface area contributed by atoms with E-state index in [1.807, 2.05) is 0 Å². The molecule has 0 aromatic rings. The molecule has 28 heavy (non-hydrogen) atoms. The number of hydrogen-bond acceptors (Lipinski definition) is 8. The monoisotopic (exact) mass is 414 g/mol. The van der Waals surface area contributed by atoms with E-state index in [2.05, 4.69) is 6.92 Å². The average molecular weight is 414 g/mol. The Morgan fingerprint density at radius 2 is 1.46 bits per heavy atom. The fourth-order valence-corrected chi connectivity index (χ4v) is 3.30. The molecule has 1 rings (SSSR count). The van der Waals surface area contributed by atoms with Crippen molar-refractivity contribution in [1.82, 2.24) is 0 Å². The molecule has 0 bridgehead atoms. The number of carbonyl (C=O) groups excluding carboxylic acids is 1. The predicted octanol–water partition coefficient (Wildman–Crippen LogP) is -3.15. The Hall–Kier alpha value is 0.230. The normalized spacial score (nSPS) is 30.0.